The first kappa shape index (κ1) is 15.9. The highest BCUT2D eigenvalue weighted by molar-refractivity contribution is 5.75. The summed E-state index contributed by atoms with van der Waals surface area (Å²) in [6, 6.07) is 17.5. The molecule has 2 aromatic carbocycles. The molecule has 0 saturated carbocycles. The molecule has 134 valence electrons. The van der Waals surface area contributed by atoms with Crippen molar-refractivity contribution in [3.8, 4) is 0 Å². The van der Waals surface area contributed by atoms with Crippen LogP contribution < -0.4 is 5.69 Å². The smallest absolute Gasteiger partial charge is 0.306 e. The molecule has 1 atom stereocenters. The highest BCUT2D eigenvalue weighted by Crippen LogP contribution is 2.40. The maximum atomic E-state index is 12.6. The number of fused-ring (bicyclic) bond motifs is 2. The maximum Gasteiger partial charge on any atom is 0.326 e. The van der Waals surface area contributed by atoms with Crippen LogP contribution in [0.3, 0.4) is 0 Å². The average Bonchev–Trinajstić information content (AvgIpc) is 3.23. The van der Waals surface area contributed by atoms with Crippen LogP contribution in [0.25, 0.3) is 11.0 Å². The van der Waals surface area contributed by atoms with Crippen molar-refractivity contribution < 1.29 is 0 Å². The van der Waals surface area contributed by atoms with Crippen LogP contribution in [0.1, 0.15) is 43.4 Å². The largest absolute Gasteiger partial charge is 0.326 e. The van der Waals surface area contributed by atoms with E-state index in [0.717, 1.165) is 37.0 Å². The molecular weight excluding hydrogens is 322 g/mol. The first-order chi connectivity index (χ1) is 12.7. The zero-order valence-corrected chi connectivity index (χ0v) is 15.2. The number of hydrogen-bond donors (Lipinski definition) is 1. The predicted octanol–water partition coefficient (Wildman–Crippen LogP) is 3.83. The van der Waals surface area contributed by atoms with Crippen molar-refractivity contribution in [1.29, 1.82) is 0 Å². The third-order valence-electron chi connectivity index (χ3n) is 6.55. The van der Waals surface area contributed by atoms with Gasteiger partial charge in [-0.15, -0.1) is 0 Å². The van der Waals surface area contributed by atoms with Crippen LogP contribution in [0.15, 0.2) is 53.3 Å². The lowest BCUT2D eigenvalue weighted by Gasteiger charge is -2.42. The molecule has 1 saturated heterocycles. The van der Waals surface area contributed by atoms with Gasteiger partial charge >= 0.3 is 5.69 Å². The zero-order chi connectivity index (χ0) is 17.7. The number of nitrogens with zero attached hydrogens (tertiary/aromatic N) is 2. The Hall–Kier alpha value is -2.33. The minimum atomic E-state index is -0.120. The molecule has 2 heterocycles. The molecule has 3 aromatic rings. The normalized spacial score (nSPS) is 22.6. The van der Waals surface area contributed by atoms with Crippen molar-refractivity contribution in [2.24, 2.45) is 0 Å². The van der Waals surface area contributed by atoms with Gasteiger partial charge in [0.2, 0.25) is 0 Å². The Morgan fingerprint density at radius 2 is 1.77 bits per heavy atom. The van der Waals surface area contributed by atoms with Crippen LogP contribution >= 0.6 is 0 Å². The van der Waals surface area contributed by atoms with E-state index < -0.39 is 0 Å². The molecule has 2 aliphatic rings. The number of para-hydroxylation sites is 2. The van der Waals surface area contributed by atoms with Gasteiger partial charge in [0.25, 0.3) is 0 Å². The van der Waals surface area contributed by atoms with Gasteiger partial charge in [-0.25, -0.2) is 4.79 Å². The number of aromatic amines is 1. The summed E-state index contributed by atoms with van der Waals surface area (Å²) in [5.41, 5.74) is 4.89. The van der Waals surface area contributed by atoms with Crippen molar-refractivity contribution >= 4 is 11.0 Å². The summed E-state index contributed by atoms with van der Waals surface area (Å²) in [6.07, 6.45) is 4.43. The summed E-state index contributed by atoms with van der Waals surface area (Å²) in [5.74, 6) is 0. The number of benzene rings is 2. The molecule has 4 nitrogen and oxygen atoms in total. The summed E-state index contributed by atoms with van der Waals surface area (Å²) in [5, 5.41) is 0. The number of aromatic nitrogens is 2. The Morgan fingerprint density at radius 1 is 1.04 bits per heavy atom. The summed E-state index contributed by atoms with van der Waals surface area (Å²) in [7, 11) is 0. The Balaban J connectivity index is 1.42. The molecule has 1 aromatic heterocycles. The Bertz CT molecular complexity index is 1010. The van der Waals surface area contributed by atoms with E-state index in [2.05, 4.69) is 47.1 Å². The first-order valence-corrected chi connectivity index (χ1v) is 9.68. The standard InChI is InChI=1S/C22H25N3O/c1-22(25-20-9-5-4-8-18(20)23-21(25)26)12-14-24(15-13-22)19-11-10-16-6-2-3-7-17(16)19/h2-9,19H,10-15H2,1H3,(H,23,26). The second-order valence-corrected chi connectivity index (χ2v) is 8.07. The van der Waals surface area contributed by atoms with Gasteiger partial charge in [0.05, 0.1) is 11.0 Å². The van der Waals surface area contributed by atoms with Crippen LogP contribution in [0.4, 0.5) is 0 Å². The average molecular weight is 347 g/mol. The summed E-state index contributed by atoms with van der Waals surface area (Å²) < 4.78 is 2.00. The number of rotatable bonds is 2. The summed E-state index contributed by atoms with van der Waals surface area (Å²) >= 11 is 0. The number of piperidine rings is 1. The number of H-pyrrole nitrogens is 1. The van der Waals surface area contributed by atoms with Gasteiger partial charge in [-0.05, 0) is 55.9 Å². The van der Waals surface area contributed by atoms with Gasteiger partial charge in [-0.3, -0.25) is 9.47 Å². The van der Waals surface area contributed by atoms with Crippen molar-refractivity contribution in [2.45, 2.75) is 44.2 Å². The van der Waals surface area contributed by atoms with Crippen LogP contribution in [0, 0.1) is 0 Å². The number of imidazole rings is 1. The highest BCUT2D eigenvalue weighted by atomic mass is 16.1. The number of aryl methyl sites for hydroxylation is 1. The fourth-order valence-corrected chi connectivity index (χ4v) is 5.05. The van der Waals surface area contributed by atoms with Gasteiger partial charge in [-0.2, -0.15) is 0 Å². The number of hydrogen-bond acceptors (Lipinski definition) is 2. The molecule has 4 heteroatoms. The monoisotopic (exact) mass is 347 g/mol. The number of nitrogens with one attached hydrogen (secondary N) is 1. The lowest BCUT2D eigenvalue weighted by atomic mass is 9.87. The molecule has 0 amide bonds. The van der Waals surface area contributed by atoms with E-state index >= 15 is 0 Å². The van der Waals surface area contributed by atoms with E-state index in [-0.39, 0.29) is 11.2 Å². The highest BCUT2D eigenvalue weighted by Gasteiger charge is 2.37. The molecule has 0 spiro atoms. The fourth-order valence-electron chi connectivity index (χ4n) is 5.05. The van der Waals surface area contributed by atoms with Crippen LogP contribution in [0.2, 0.25) is 0 Å². The van der Waals surface area contributed by atoms with Crippen LogP contribution in [0.5, 0.6) is 0 Å². The molecule has 1 aliphatic carbocycles. The Kier molecular flexibility index (Phi) is 3.57. The van der Waals surface area contributed by atoms with Gasteiger partial charge in [0, 0.05) is 24.7 Å². The third-order valence-corrected chi connectivity index (χ3v) is 6.55. The summed E-state index contributed by atoms with van der Waals surface area (Å²) in [6.45, 7) is 4.33. The van der Waals surface area contributed by atoms with E-state index in [1.165, 1.54) is 24.0 Å². The maximum absolute atomic E-state index is 12.6. The molecule has 0 radical (unpaired) electrons. The molecule has 0 bridgehead atoms. The fraction of sp³-hybridized carbons (Fsp3) is 0.409. The molecule has 26 heavy (non-hydrogen) atoms. The molecule has 5 rings (SSSR count). The lowest BCUT2D eigenvalue weighted by Crippen LogP contribution is -2.48. The quantitative estimate of drug-likeness (QED) is 0.765. The van der Waals surface area contributed by atoms with Crippen molar-refractivity contribution in [1.82, 2.24) is 14.5 Å². The zero-order valence-electron chi connectivity index (χ0n) is 15.2. The molecule has 1 N–H and O–H groups in total. The van der Waals surface area contributed by atoms with Crippen molar-refractivity contribution in [3.63, 3.8) is 0 Å². The third kappa shape index (κ3) is 2.36. The van der Waals surface area contributed by atoms with Gasteiger partial charge in [-0.1, -0.05) is 36.4 Å². The van der Waals surface area contributed by atoms with E-state index in [9.17, 15) is 4.79 Å². The van der Waals surface area contributed by atoms with Crippen molar-refractivity contribution in [2.75, 3.05) is 13.1 Å². The van der Waals surface area contributed by atoms with Crippen LogP contribution in [-0.2, 0) is 12.0 Å². The molecule has 1 fully saturated rings. The number of likely N-dealkylation sites (tertiary alicyclic amines) is 1. The minimum absolute atomic E-state index is 0.0216. The Morgan fingerprint density at radius 3 is 2.62 bits per heavy atom. The van der Waals surface area contributed by atoms with Crippen molar-refractivity contribution in [3.05, 3.63) is 70.1 Å². The van der Waals surface area contributed by atoms with Gasteiger partial charge in [0.15, 0.2) is 0 Å². The predicted molar refractivity (Wildman–Crippen MR) is 105 cm³/mol. The second-order valence-electron chi connectivity index (χ2n) is 8.07. The lowest BCUT2D eigenvalue weighted by molar-refractivity contribution is 0.0886. The molecular formula is C22H25N3O. The molecule has 1 unspecified atom stereocenters. The SMILES string of the molecule is CC1(n2c(=O)[nH]c3ccccc32)CCN(C2CCc3ccccc32)CC1. The topological polar surface area (TPSA) is 41.0 Å². The van der Waals surface area contributed by atoms with Crippen LogP contribution in [-0.4, -0.2) is 27.5 Å². The van der Waals surface area contributed by atoms with E-state index in [4.69, 9.17) is 0 Å². The Labute approximate surface area is 153 Å². The molecule has 1 aliphatic heterocycles. The van der Waals surface area contributed by atoms with E-state index in [0.29, 0.717) is 6.04 Å². The summed E-state index contributed by atoms with van der Waals surface area (Å²) in [4.78, 5) is 18.3. The van der Waals surface area contributed by atoms with Gasteiger partial charge in [0.1, 0.15) is 0 Å². The minimum Gasteiger partial charge on any atom is -0.306 e. The van der Waals surface area contributed by atoms with E-state index in [1.807, 2.05) is 22.8 Å². The first-order valence-electron chi connectivity index (χ1n) is 9.68. The van der Waals surface area contributed by atoms with Gasteiger partial charge < -0.3 is 4.98 Å². The second kappa shape index (κ2) is 5.85. The van der Waals surface area contributed by atoms with E-state index in [1.54, 1.807) is 0 Å².